The fourth-order valence-electron chi connectivity index (χ4n) is 2.92. The van der Waals surface area contributed by atoms with Crippen molar-refractivity contribution in [1.29, 1.82) is 0 Å². The number of cyclic esters (lactones) is 1. The first-order valence-corrected chi connectivity index (χ1v) is 9.14. The zero-order valence-electron chi connectivity index (χ0n) is 15.8. The van der Waals surface area contributed by atoms with E-state index in [-0.39, 0.29) is 30.8 Å². The number of anilines is 1. The first-order valence-electron chi connectivity index (χ1n) is 9.14. The normalized spacial score (nSPS) is 22.7. The molecule has 3 unspecified atom stereocenters. The third-order valence-corrected chi connectivity index (χ3v) is 4.34. The van der Waals surface area contributed by atoms with Crippen LogP contribution in [0.3, 0.4) is 0 Å². The van der Waals surface area contributed by atoms with Crippen LogP contribution < -0.4 is 21.3 Å². The molecule has 0 aromatic heterocycles. The van der Waals surface area contributed by atoms with Crippen LogP contribution in [-0.2, 0) is 14.3 Å². The van der Waals surface area contributed by atoms with Crippen molar-refractivity contribution in [3.05, 3.63) is 23.8 Å². The number of carbonyl (C=O) groups excluding carboxylic acids is 3. The van der Waals surface area contributed by atoms with Gasteiger partial charge in [0.2, 0.25) is 5.91 Å². The number of ether oxygens (including phenoxy) is 1. The first-order chi connectivity index (χ1) is 14.3. The van der Waals surface area contributed by atoms with Gasteiger partial charge >= 0.3 is 5.97 Å². The second kappa shape index (κ2) is 9.15. The van der Waals surface area contributed by atoms with E-state index < -0.39 is 36.0 Å². The largest absolute Gasteiger partial charge is 0.508 e. The number of carbonyl (C=O) groups is 3. The molecule has 1 aromatic rings. The van der Waals surface area contributed by atoms with E-state index in [1.807, 2.05) is 0 Å². The molecule has 0 saturated carbocycles. The van der Waals surface area contributed by atoms with Crippen molar-refractivity contribution in [2.75, 3.05) is 25.0 Å². The zero-order chi connectivity index (χ0) is 21.7. The van der Waals surface area contributed by atoms with Crippen LogP contribution in [-0.4, -0.2) is 71.8 Å². The summed E-state index contributed by atoms with van der Waals surface area (Å²) in [6.45, 7) is 0.200. The highest BCUT2D eigenvalue weighted by Gasteiger charge is 2.34. The van der Waals surface area contributed by atoms with Gasteiger partial charge in [-0.2, -0.15) is 0 Å². The molecular weight excluding hydrogens is 394 g/mol. The summed E-state index contributed by atoms with van der Waals surface area (Å²) in [5.74, 6) is 0.883. The van der Waals surface area contributed by atoms with Gasteiger partial charge in [0, 0.05) is 23.9 Å². The van der Waals surface area contributed by atoms with Crippen LogP contribution in [0.5, 0.6) is 5.75 Å². The fourth-order valence-corrected chi connectivity index (χ4v) is 2.92. The van der Waals surface area contributed by atoms with Gasteiger partial charge in [-0.3, -0.25) is 19.4 Å². The summed E-state index contributed by atoms with van der Waals surface area (Å²) in [7, 11) is 0. The number of β-amino-alcohol motifs (C(OH)–C–C–N with tert-alkyl or cyclic N) is 1. The number of nitrogens with one attached hydrogen (secondary N) is 4. The van der Waals surface area contributed by atoms with Gasteiger partial charge in [0.15, 0.2) is 12.1 Å². The van der Waals surface area contributed by atoms with E-state index in [9.17, 15) is 24.6 Å². The summed E-state index contributed by atoms with van der Waals surface area (Å²) in [5, 5.41) is 30.1. The average molecular weight is 415 g/mol. The minimum absolute atomic E-state index is 0.0366. The lowest BCUT2D eigenvalue weighted by molar-refractivity contribution is -0.139. The number of esters is 1. The first kappa shape index (κ1) is 20.9. The molecule has 0 aliphatic carbocycles. The molecule has 30 heavy (non-hydrogen) atoms. The number of hydrogen-bond acceptors (Lipinski definition) is 9. The molecule has 1 aromatic carbocycles. The van der Waals surface area contributed by atoms with Crippen LogP contribution in [0.1, 0.15) is 16.8 Å². The van der Waals surface area contributed by atoms with Crippen LogP contribution >= 0.6 is 0 Å². The van der Waals surface area contributed by atoms with Crippen molar-refractivity contribution in [3.63, 3.8) is 0 Å². The summed E-state index contributed by atoms with van der Waals surface area (Å²) >= 11 is 0. The Morgan fingerprint density at radius 2 is 2.17 bits per heavy atom. The van der Waals surface area contributed by atoms with E-state index in [0.717, 1.165) is 0 Å². The predicted octanol–water partition coefficient (Wildman–Crippen LogP) is -1.71. The van der Waals surface area contributed by atoms with E-state index in [1.54, 1.807) is 0 Å². The number of amides is 2. The number of benzene rings is 1. The van der Waals surface area contributed by atoms with Crippen LogP contribution in [0.25, 0.3) is 0 Å². The van der Waals surface area contributed by atoms with Gasteiger partial charge in [0.25, 0.3) is 5.91 Å². The lowest BCUT2D eigenvalue weighted by Crippen LogP contribution is -2.45. The van der Waals surface area contributed by atoms with Crippen LogP contribution in [0.4, 0.5) is 5.69 Å². The van der Waals surface area contributed by atoms with E-state index in [0.29, 0.717) is 18.2 Å². The van der Waals surface area contributed by atoms with Crippen molar-refractivity contribution >= 4 is 29.4 Å². The molecule has 11 heteroatoms. The molecule has 0 radical (unpaired) electrons. The summed E-state index contributed by atoms with van der Waals surface area (Å²) in [6, 6.07) is 3.47. The Labute approximate surface area is 171 Å². The highest BCUT2D eigenvalue weighted by molar-refractivity contribution is 6.00. The quantitative estimate of drug-likeness (QED) is 0.245. The van der Waals surface area contributed by atoms with Crippen molar-refractivity contribution in [2.45, 2.75) is 24.7 Å². The number of rotatable bonds is 5. The summed E-state index contributed by atoms with van der Waals surface area (Å²) in [5.41, 5.74) is 0.508. The summed E-state index contributed by atoms with van der Waals surface area (Å²) in [6.07, 6.45) is 3.81. The smallest absolute Gasteiger partial charge is 0.309 e. The lowest BCUT2D eigenvalue weighted by Gasteiger charge is -2.20. The molecule has 0 spiro atoms. The van der Waals surface area contributed by atoms with Crippen molar-refractivity contribution in [3.8, 4) is 18.1 Å². The number of aliphatic imine (C=N–C) groups is 1. The third kappa shape index (κ3) is 5.39. The number of hydrogen-bond donors (Lipinski definition) is 6. The van der Waals surface area contributed by atoms with Gasteiger partial charge in [0.1, 0.15) is 5.75 Å². The van der Waals surface area contributed by atoms with Gasteiger partial charge in [-0.05, 0) is 12.1 Å². The topological polar surface area (TPSA) is 161 Å². The molecule has 3 atom stereocenters. The molecule has 6 N–H and O–H groups in total. The van der Waals surface area contributed by atoms with Gasteiger partial charge < -0.3 is 36.2 Å². The average Bonchev–Trinajstić information content (AvgIpc) is 3.06. The van der Waals surface area contributed by atoms with E-state index in [4.69, 9.17) is 11.2 Å². The predicted molar refractivity (Wildman–Crippen MR) is 106 cm³/mol. The number of aliphatic hydroxyl groups is 1. The minimum atomic E-state index is -0.839. The minimum Gasteiger partial charge on any atom is -0.508 e. The zero-order valence-corrected chi connectivity index (χ0v) is 15.8. The van der Waals surface area contributed by atoms with E-state index in [1.165, 1.54) is 18.2 Å². The van der Waals surface area contributed by atoms with Gasteiger partial charge in [-0.1, -0.05) is 5.92 Å². The Morgan fingerprint density at radius 1 is 1.37 bits per heavy atom. The number of aromatic hydroxyl groups is 1. The Bertz CT molecular complexity index is 924. The standard InChI is InChI=1S/C19H21N5O6/c1-2-15-14(6-17(28)30-15)24-16(27)9-20-18(29)10-3-11(5-12(25)4-10)23-19-21-7-13(26)8-22-19/h1,3-5,13-15,25-26H,6-9H2,(H,20,29)(H,24,27)(H2,21,22,23). The van der Waals surface area contributed by atoms with Crippen molar-refractivity contribution in [2.24, 2.45) is 4.99 Å². The Balaban J connectivity index is 1.56. The number of phenols is 1. The maximum absolute atomic E-state index is 12.4. The molecule has 2 aliphatic heterocycles. The number of nitrogens with zero attached hydrogens (tertiary/aromatic N) is 1. The Hall–Kier alpha value is -3.78. The number of phenolic OH excluding ortho intramolecular Hbond substituents is 1. The van der Waals surface area contributed by atoms with Gasteiger partial charge in [-0.15, -0.1) is 6.42 Å². The molecule has 0 bridgehead atoms. The van der Waals surface area contributed by atoms with Crippen LogP contribution in [0.2, 0.25) is 0 Å². The molecule has 2 amide bonds. The molecule has 3 rings (SSSR count). The molecular formula is C19H21N5O6. The second-order valence-electron chi connectivity index (χ2n) is 6.76. The highest BCUT2D eigenvalue weighted by Crippen LogP contribution is 2.20. The molecule has 11 nitrogen and oxygen atoms in total. The van der Waals surface area contributed by atoms with Gasteiger partial charge in [-0.25, -0.2) is 0 Å². The van der Waals surface area contributed by atoms with Crippen molar-refractivity contribution < 1.29 is 29.3 Å². The number of guanidine groups is 1. The molecule has 1 fully saturated rings. The summed E-state index contributed by atoms with van der Waals surface area (Å²) in [4.78, 5) is 39.8. The van der Waals surface area contributed by atoms with E-state index >= 15 is 0 Å². The SMILES string of the molecule is C#CC1OC(=O)CC1NC(=O)CNC(=O)c1cc(O)cc(NC2=NCC(O)CN2)c1. The Morgan fingerprint density at radius 3 is 2.87 bits per heavy atom. The van der Waals surface area contributed by atoms with Crippen molar-refractivity contribution in [1.82, 2.24) is 16.0 Å². The number of aliphatic hydroxyl groups excluding tert-OH is 1. The maximum atomic E-state index is 12.4. The molecule has 2 heterocycles. The lowest BCUT2D eigenvalue weighted by atomic mass is 10.1. The second-order valence-corrected chi connectivity index (χ2v) is 6.76. The van der Waals surface area contributed by atoms with E-state index in [2.05, 4.69) is 32.2 Å². The fraction of sp³-hybridized carbons (Fsp3) is 0.368. The third-order valence-electron chi connectivity index (χ3n) is 4.34. The molecule has 1 saturated heterocycles. The Kier molecular flexibility index (Phi) is 6.38. The highest BCUT2D eigenvalue weighted by atomic mass is 16.6. The maximum Gasteiger partial charge on any atom is 0.309 e. The molecule has 158 valence electrons. The summed E-state index contributed by atoms with van der Waals surface area (Å²) < 4.78 is 4.87. The van der Waals surface area contributed by atoms with Crippen LogP contribution in [0.15, 0.2) is 23.2 Å². The molecule has 2 aliphatic rings. The number of terminal acetylenes is 1. The monoisotopic (exact) mass is 415 g/mol. The van der Waals surface area contributed by atoms with Crippen LogP contribution in [0, 0.1) is 12.3 Å². The van der Waals surface area contributed by atoms with Gasteiger partial charge in [0.05, 0.1) is 31.7 Å².